The molecule has 6 nitrogen and oxygen atoms in total. The molecule has 4 aromatic rings. The number of nitrogens with one attached hydrogen (secondary N) is 1. The Morgan fingerprint density at radius 1 is 0.939 bits per heavy atom. The molecule has 2 saturated carbocycles. The summed E-state index contributed by atoms with van der Waals surface area (Å²) in [6, 6.07) is 26.8. The number of benzene rings is 3. The Hall–Kier alpha value is -3.55. The molecule has 7 heteroatoms. The van der Waals surface area contributed by atoms with Crippen LogP contribution in [0.2, 0.25) is 0 Å². The lowest BCUT2D eigenvalue weighted by Gasteiger charge is -2.63. The van der Waals surface area contributed by atoms with E-state index in [2.05, 4.69) is 93.9 Å². The summed E-state index contributed by atoms with van der Waals surface area (Å²) >= 11 is 0. The maximum absolute atomic E-state index is 13.6. The second-order valence-corrected chi connectivity index (χ2v) is 17.9. The van der Waals surface area contributed by atoms with E-state index in [1.807, 2.05) is 24.3 Å². The predicted molar refractivity (Wildman–Crippen MR) is 198 cm³/mol. The zero-order valence-corrected chi connectivity index (χ0v) is 30.5. The van der Waals surface area contributed by atoms with Gasteiger partial charge in [0.25, 0.3) is 0 Å². The highest BCUT2D eigenvalue weighted by Crippen LogP contribution is 2.66. The van der Waals surface area contributed by atoms with Crippen LogP contribution in [0.5, 0.6) is 5.88 Å². The SMILES string of the molecule is Cc1cccc(C)c1-c1cc2nc(n1)NS(=O)c1cccc(c1)CCC(C1CC3(C1)CC(O)(Cc1ccccc1)C3)[C@H](CC(C)(C)C)CO2. The summed E-state index contributed by atoms with van der Waals surface area (Å²) < 4.78 is 23.4. The summed E-state index contributed by atoms with van der Waals surface area (Å²) in [4.78, 5) is 10.3. The number of nitrogens with zero attached hydrogens (tertiary/aromatic N) is 2. The Balaban J connectivity index is 1.19. The number of anilines is 1. The number of aromatic nitrogens is 2. The van der Waals surface area contributed by atoms with Crippen molar-refractivity contribution < 1.29 is 14.1 Å². The number of aryl methyl sites for hydroxylation is 3. The molecule has 3 aliphatic rings. The number of aliphatic hydroxyl groups is 1. The highest BCUT2D eigenvalue weighted by molar-refractivity contribution is 7.86. The van der Waals surface area contributed by atoms with Crippen LogP contribution in [0.4, 0.5) is 5.95 Å². The summed E-state index contributed by atoms with van der Waals surface area (Å²) in [5, 5.41) is 11.5. The first-order valence-corrected chi connectivity index (χ1v) is 19.1. The molecule has 3 aromatic carbocycles. The Bertz CT molecular complexity index is 1800. The van der Waals surface area contributed by atoms with Gasteiger partial charge >= 0.3 is 0 Å². The monoisotopic (exact) mass is 677 g/mol. The highest BCUT2D eigenvalue weighted by atomic mass is 32.2. The van der Waals surface area contributed by atoms with Crippen LogP contribution >= 0.6 is 0 Å². The molecule has 3 atom stereocenters. The van der Waals surface area contributed by atoms with Gasteiger partial charge in [0, 0.05) is 18.1 Å². The van der Waals surface area contributed by atoms with Gasteiger partial charge in [0.05, 0.1) is 22.8 Å². The Labute approximate surface area is 294 Å². The van der Waals surface area contributed by atoms with E-state index in [9.17, 15) is 9.32 Å². The molecule has 2 aliphatic carbocycles. The van der Waals surface area contributed by atoms with Gasteiger partial charge in [-0.1, -0.05) is 81.4 Å². The van der Waals surface area contributed by atoms with Crippen LogP contribution in [0.25, 0.3) is 11.3 Å². The molecule has 0 saturated heterocycles. The number of hydrogen-bond donors (Lipinski definition) is 2. The van der Waals surface area contributed by atoms with Crippen molar-refractivity contribution >= 4 is 16.9 Å². The van der Waals surface area contributed by atoms with Gasteiger partial charge in [-0.25, -0.2) is 9.19 Å². The van der Waals surface area contributed by atoms with E-state index in [1.165, 1.54) is 11.1 Å². The quantitative estimate of drug-likeness (QED) is 0.220. The fourth-order valence-corrected chi connectivity index (χ4v) is 10.3. The molecular weight excluding hydrogens is 627 g/mol. The van der Waals surface area contributed by atoms with Crippen molar-refractivity contribution in [3.63, 3.8) is 0 Å². The molecule has 2 N–H and O–H groups in total. The summed E-state index contributed by atoms with van der Waals surface area (Å²) in [6.07, 6.45) is 7.87. The van der Waals surface area contributed by atoms with E-state index in [1.54, 1.807) is 0 Å². The summed E-state index contributed by atoms with van der Waals surface area (Å²) in [5.74, 6) is 2.18. The normalized spacial score (nSPS) is 28.4. The minimum absolute atomic E-state index is 0.129. The van der Waals surface area contributed by atoms with Gasteiger partial charge in [-0.15, -0.1) is 0 Å². The number of hydrogen-bond acceptors (Lipinski definition) is 5. The number of fused-ring (bicyclic) bond motifs is 4. The lowest BCUT2D eigenvalue weighted by molar-refractivity contribution is -0.192. The van der Waals surface area contributed by atoms with Gasteiger partial charge in [0.1, 0.15) is 0 Å². The van der Waals surface area contributed by atoms with Gasteiger partial charge in [0.2, 0.25) is 11.8 Å². The zero-order valence-electron chi connectivity index (χ0n) is 29.7. The van der Waals surface area contributed by atoms with Crippen LogP contribution in [-0.4, -0.2) is 31.5 Å². The third-order valence-corrected chi connectivity index (χ3v) is 12.3. The van der Waals surface area contributed by atoms with Gasteiger partial charge in [-0.3, -0.25) is 4.72 Å². The molecule has 1 aliphatic heterocycles. The standard InChI is InChI=1S/C42H51N3O3S/c1-28-11-9-12-29(2)38(28)36-20-37-44-39(43-36)45-49(47)34-16-10-15-30(19-34)17-18-35(33(25-48-37)22-40(3,4)5)32-23-41(24-32)26-42(46,27-41)21-31-13-7-6-8-14-31/h6-16,19-20,32-33,35,46H,17-18,21-27H2,1-5H3,(H,43,44,45)/t32?,33-,35?,41?,42?,49?/m1/s1. The Morgan fingerprint density at radius 2 is 1.65 bits per heavy atom. The molecule has 4 bridgehead atoms. The molecule has 49 heavy (non-hydrogen) atoms. The lowest BCUT2D eigenvalue weighted by Crippen LogP contribution is -2.60. The molecule has 0 amide bonds. The van der Waals surface area contributed by atoms with Crippen molar-refractivity contribution in [2.45, 2.75) is 96.5 Å². The first-order valence-electron chi connectivity index (χ1n) is 18.0. The second kappa shape index (κ2) is 13.3. The lowest BCUT2D eigenvalue weighted by atomic mass is 9.43. The van der Waals surface area contributed by atoms with Crippen LogP contribution in [0, 0.1) is 42.4 Å². The van der Waals surface area contributed by atoms with Crippen molar-refractivity contribution in [2.24, 2.45) is 28.6 Å². The Kier molecular flexibility index (Phi) is 9.20. The van der Waals surface area contributed by atoms with Crippen molar-refractivity contribution in [3.05, 3.63) is 101 Å². The number of rotatable bonds is 5. The first-order chi connectivity index (χ1) is 23.4. The third-order valence-electron chi connectivity index (χ3n) is 11.2. The third kappa shape index (κ3) is 7.63. The fraction of sp³-hybridized carbons (Fsp3) is 0.476. The molecule has 0 radical (unpaired) electrons. The maximum Gasteiger partial charge on any atom is 0.238 e. The average molecular weight is 678 g/mol. The van der Waals surface area contributed by atoms with Gasteiger partial charge in [-0.2, -0.15) is 4.98 Å². The molecule has 1 aromatic heterocycles. The largest absolute Gasteiger partial charge is 0.477 e. The van der Waals surface area contributed by atoms with Gasteiger partial charge in [0.15, 0.2) is 11.0 Å². The van der Waals surface area contributed by atoms with E-state index in [0.717, 1.165) is 78.6 Å². The zero-order chi connectivity index (χ0) is 34.4. The summed E-state index contributed by atoms with van der Waals surface area (Å²) in [5.41, 5.74) is 6.26. The van der Waals surface area contributed by atoms with Crippen LogP contribution in [0.15, 0.2) is 83.8 Å². The van der Waals surface area contributed by atoms with E-state index in [-0.39, 0.29) is 10.8 Å². The second-order valence-electron chi connectivity index (χ2n) is 16.6. The van der Waals surface area contributed by atoms with Crippen LogP contribution in [0.1, 0.15) is 81.5 Å². The highest BCUT2D eigenvalue weighted by Gasteiger charge is 2.60. The van der Waals surface area contributed by atoms with Crippen LogP contribution in [-0.2, 0) is 23.8 Å². The van der Waals surface area contributed by atoms with E-state index >= 15 is 0 Å². The summed E-state index contributed by atoms with van der Waals surface area (Å²) in [6.45, 7) is 11.7. The fourth-order valence-electron chi connectivity index (χ4n) is 9.44. The van der Waals surface area contributed by atoms with Gasteiger partial charge < -0.3 is 9.84 Å². The molecule has 7 rings (SSSR count). The molecule has 1 spiro atoms. The van der Waals surface area contributed by atoms with Crippen molar-refractivity contribution in [1.82, 2.24) is 9.97 Å². The van der Waals surface area contributed by atoms with Crippen LogP contribution < -0.4 is 9.46 Å². The summed E-state index contributed by atoms with van der Waals surface area (Å²) in [7, 11) is -1.53. The van der Waals surface area contributed by atoms with Crippen molar-refractivity contribution in [3.8, 4) is 17.1 Å². The van der Waals surface area contributed by atoms with E-state index in [4.69, 9.17) is 14.7 Å². The smallest absolute Gasteiger partial charge is 0.238 e. The van der Waals surface area contributed by atoms with Gasteiger partial charge in [-0.05, 0) is 122 Å². The van der Waals surface area contributed by atoms with Crippen molar-refractivity contribution in [1.29, 1.82) is 0 Å². The molecular formula is C42H51N3O3S. The van der Waals surface area contributed by atoms with Crippen molar-refractivity contribution in [2.75, 3.05) is 11.3 Å². The first kappa shape index (κ1) is 33.9. The average Bonchev–Trinajstić information content (AvgIpc) is 3.01. The minimum atomic E-state index is -1.53. The molecule has 258 valence electrons. The number of ether oxygens (including phenoxy) is 1. The van der Waals surface area contributed by atoms with E-state index < -0.39 is 16.6 Å². The van der Waals surface area contributed by atoms with E-state index in [0.29, 0.717) is 36.2 Å². The molecule has 2 fully saturated rings. The minimum Gasteiger partial charge on any atom is -0.477 e. The predicted octanol–water partition coefficient (Wildman–Crippen LogP) is 9.05. The Morgan fingerprint density at radius 3 is 2.37 bits per heavy atom. The topological polar surface area (TPSA) is 84.3 Å². The molecule has 2 heterocycles. The molecule has 2 unspecified atom stereocenters. The maximum atomic E-state index is 13.6. The van der Waals surface area contributed by atoms with Crippen LogP contribution in [0.3, 0.4) is 0 Å².